The van der Waals surface area contributed by atoms with Crippen molar-refractivity contribution in [1.82, 2.24) is 0 Å². The van der Waals surface area contributed by atoms with Crippen LogP contribution in [0, 0.1) is 17.1 Å². The van der Waals surface area contributed by atoms with Crippen molar-refractivity contribution in [2.75, 3.05) is 5.32 Å². The third-order valence-corrected chi connectivity index (χ3v) is 3.34. The summed E-state index contributed by atoms with van der Waals surface area (Å²) < 4.78 is 19.9. The Labute approximate surface area is 135 Å². The van der Waals surface area contributed by atoms with Crippen LogP contribution in [0.25, 0.3) is 0 Å². The minimum atomic E-state index is -0.599. The van der Waals surface area contributed by atoms with Crippen LogP contribution in [0.1, 0.15) is 12.0 Å². The van der Waals surface area contributed by atoms with Crippen LogP contribution in [0.3, 0.4) is 0 Å². The molecule has 1 amide bonds. The minimum Gasteiger partial charge on any atom is -0.485 e. The van der Waals surface area contributed by atoms with Crippen molar-refractivity contribution in [3.05, 3.63) is 58.3 Å². The number of nitriles is 1. The molecule has 0 bridgehead atoms. The highest BCUT2D eigenvalue weighted by Crippen LogP contribution is 2.32. The van der Waals surface area contributed by atoms with Gasteiger partial charge in [0.25, 0.3) is 0 Å². The molecule has 2 rings (SSSR count). The first-order valence-corrected chi connectivity index (χ1v) is 7.22. The van der Waals surface area contributed by atoms with E-state index in [1.165, 1.54) is 6.07 Å². The molecule has 0 radical (unpaired) electrons. The van der Waals surface area contributed by atoms with Gasteiger partial charge in [-0.1, -0.05) is 30.3 Å². The maximum Gasteiger partial charge on any atom is 0.238 e. The van der Waals surface area contributed by atoms with Crippen LogP contribution in [-0.4, -0.2) is 5.91 Å². The molecule has 2 aromatic carbocycles. The van der Waals surface area contributed by atoms with Gasteiger partial charge in [-0.15, -0.1) is 0 Å². The summed E-state index contributed by atoms with van der Waals surface area (Å²) in [5, 5.41) is 10.9. The molecule has 0 aliphatic heterocycles. The van der Waals surface area contributed by atoms with Crippen molar-refractivity contribution < 1.29 is 13.9 Å². The van der Waals surface area contributed by atoms with E-state index in [1.54, 1.807) is 6.07 Å². The lowest BCUT2D eigenvalue weighted by Crippen LogP contribution is -2.10. The average Bonchev–Trinajstić information content (AvgIpc) is 2.47. The lowest BCUT2D eigenvalue weighted by Gasteiger charge is -2.11. The second-order valence-corrected chi connectivity index (χ2v) is 5.28. The van der Waals surface area contributed by atoms with Gasteiger partial charge in [0.1, 0.15) is 13.0 Å². The molecule has 0 aliphatic rings. The summed E-state index contributed by atoms with van der Waals surface area (Å²) >= 11 is 3.22. The number of halogens is 2. The zero-order valence-electron chi connectivity index (χ0n) is 11.5. The fourth-order valence-electron chi connectivity index (χ4n) is 1.78. The second kappa shape index (κ2) is 7.57. The molecule has 0 heterocycles. The van der Waals surface area contributed by atoms with Gasteiger partial charge in [-0.05, 0) is 27.6 Å². The van der Waals surface area contributed by atoms with Crippen molar-refractivity contribution in [2.24, 2.45) is 0 Å². The van der Waals surface area contributed by atoms with E-state index in [4.69, 9.17) is 10.00 Å². The third kappa shape index (κ3) is 4.30. The summed E-state index contributed by atoms with van der Waals surface area (Å²) in [5.41, 5.74) is 1.18. The Hall–Kier alpha value is -2.39. The molecule has 0 unspecified atom stereocenters. The Morgan fingerprint density at radius 3 is 2.68 bits per heavy atom. The van der Waals surface area contributed by atoms with Gasteiger partial charge in [0.05, 0.1) is 10.5 Å². The third-order valence-electron chi connectivity index (χ3n) is 2.75. The Kier molecular flexibility index (Phi) is 5.50. The van der Waals surface area contributed by atoms with Crippen molar-refractivity contribution in [2.45, 2.75) is 13.0 Å². The average molecular weight is 363 g/mol. The Bertz CT molecular complexity index is 691. The quantitative estimate of drug-likeness (QED) is 0.873. The SMILES string of the molecule is N#CCC(=O)Nc1cc(F)c(OCc2ccccc2)c(Br)c1. The number of amides is 1. The van der Waals surface area contributed by atoms with Crippen LogP contribution in [0.5, 0.6) is 5.75 Å². The number of rotatable bonds is 5. The van der Waals surface area contributed by atoms with Gasteiger partial charge < -0.3 is 10.1 Å². The predicted molar refractivity (Wildman–Crippen MR) is 83.7 cm³/mol. The van der Waals surface area contributed by atoms with E-state index in [0.717, 1.165) is 11.6 Å². The van der Waals surface area contributed by atoms with Crippen molar-refractivity contribution in [3.63, 3.8) is 0 Å². The summed E-state index contributed by atoms with van der Waals surface area (Å²) in [7, 11) is 0. The van der Waals surface area contributed by atoms with Gasteiger partial charge in [-0.25, -0.2) is 4.39 Å². The molecule has 0 atom stereocenters. The number of ether oxygens (including phenoxy) is 1. The number of carbonyl (C=O) groups is 1. The van der Waals surface area contributed by atoms with Gasteiger partial charge in [-0.2, -0.15) is 5.26 Å². The maximum atomic E-state index is 14.1. The molecular formula is C16H12BrFN2O2. The van der Waals surface area contributed by atoms with E-state index in [1.807, 2.05) is 30.3 Å². The Morgan fingerprint density at radius 1 is 1.32 bits per heavy atom. The number of anilines is 1. The molecule has 6 heteroatoms. The van der Waals surface area contributed by atoms with Gasteiger partial charge in [0.2, 0.25) is 5.91 Å². The molecule has 0 aliphatic carbocycles. The molecule has 112 valence electrons. The van der Waals surface area contributed by atoms with Gasteiger partial charge in [-0.3, -0.25) is 4.79 Å². The molecule has 0 aromatic heterocycles. The van der Waals surface area contributed by atoms with E-state index in [9.17, 15) is 9.18 Å². The predicted octanol–water partition coefficient (Wildman–Crippen LogP) is 4.02. The molecule has 4 nitrogen and oxygen atoms in total. The summed E-state index contributed by atoms with van der Waals surface area (Å²) in [5.74, 6) is -1.02. The molecule has 2 aromatic rings. The topological polar surface area (TPSA) is 62.1 Å². The Balaban J connectivity index is 2.10. The molecule has 1 N–H and O–H groups in total. The van der Waals surface area contributed by atoms with Gasteiger partial charge in [0.15, 0.2) is 11.6 Å². The van der Waals surface area contributed by atoms with E-state index < -0.39 is 11.7 Å². The number of carbonyl (C=O) groups excluding carboxylic acids is 1. The monoisotopic (exact) mass is 362 g/mol. The number of nitrogens with one attached hydrogen (secondary N) is 1. The Morgan fingerprint density at radius 2 is 2.05 bits per heavy atom. The maximum absolute atomic E-state index is 14.1. The molecule has 0 saturated carbocycles. The van der Waals surface area contributed by atoms with Gasteiger partial charge in [0, 0.05) is 11.8 Å². The van der Waals surface area contributed by atoms with E-state index in [0.29, 0.717) is 4.47 Å². The summed E-state index contributed by atoms with van der Waals surface area (Å²) in [6.07, 6.45) is -0.286. The lowest BCUT2D eigenvalue weighted by atomic mass is 10.2. The van der Waals surface area contributed by atoms with Crippen LogP contribution < -0.4 is 10.1 Å². The first kappa shape index (κ1) is 16.0. The van der Waals surface area contributed by atoms with Crippen LogP contribution >= 0.6 is 15.9 Å². The number of hydrogen-bond donors (Lipinski definition) is 1. The number of hydrogen-bond acceptors (Lipinski definition) is 3. The number of benzene rings is 2. The fourth-order valence-corrected chi connectivity index (χ4v) is 2.33. The van der Waals surface area contributed by atoms with Crippen LogP contribution in [-0.2, 0) is 11.4 Å². The molecule has 0 saturated heterocycles. The highest BCUT2D eigenvalue weighted by atomic mass is 79.9. The van der Waals surface area contributed by atoms with E-state index in [-0.39, 0.29) is 24.5 Å². The summed E-state index contributed by atoms with van der Waals surface area (Å²) in [6.45, 7) is 0.233. The second-order valence-electron chi connectivity index (χ2n) is 4.43. The van der Waals surface area contributed by atoms with Crippen LogP contribution in [0.4, 0.5) is 10.1 Å². The van der Waals surface area contributed by atoms with Crippen LogP contribution in [0.2, 0.25) is 0 Å². The zero-order valence-corrected chi connectivity index (χ0v) is 13.1. The van der Waals surface area contributed by atoms with Crippen molar-refractivity contribution in [1.29, 1.82) is 5.26 Å². The van der Waals surface area contributed by atoms with Crippen LogP contribution in [0.15, 0.2) is 46.9 Å². The summed E-state index contributed by atoms with van der Waals surface area (Å²) in [6, 6.07) is 13.8. The lowest BCUT2D eigenvalue weighted by molar-refractivity contribution is -0.115. The smallest absolute Gasteiger partial charge is 0.238 e. The van der Waals surface area contributed by atoms with Gasteiger partial charge >= 0.3 is 0 Å². The molecular weight excluding hydrogens is 351 g/mol. The van der Waals surface area contributed by atoms with E-state index in [2.05, 4.69) is 21.2 Å². The first-order chi connectivity index (χ1) is 10.6. The highest BCUT2D eigenvalue weighted by molar-refractivity contribution is 9.10. The van der Waals surface area contributed by atoms with Crippen molar-refractivity contribution >= 4 is 27.5 Å². The highest BCUT2D eigenvalue weighted by Gasteiger charge is 2.12. The fraction of sp³-hybridized carbons (Fsp3) is 0.125. The standard InChI is InChI=1S/C16H12BrFN2O2/c17-13-8-12(20-15(21)6-7-19)9-14(18)16(13)22-10-11-4-2-1-3-5-11/h1-5,8-9H,6,10H2,(H,20,21). The molecule has 22 heavy (non-hydrogen) atoms. The number of nitrogens with zero attached hydrogens (tertiary/aromatic N) is 1. The molecule has 0 fully saturated rings. The molecule has 0 spiro atoms. The first-order valence-electron chi connectivity index (χ1n) is 6.42. The van der Waals surface area contributed by atoms with Crippen molar-refractivity contribution in [3.8, 4) is 11.8 Å². The van der Waals surface area contributed by atoms with E-state index >= 15 is 0 Å². The minimum absolute atomic E-state index is 0.0714. The zero-order chi connectivity index (χ0) is 15.9. The largest absolute Gasteiger partial charge is 0.485 e. The normalized spacial score (nSPS) is 9.86. The summed E-state index contributed by atoms with van der Waals surface area (Å²) in [4.78, 5) is 11.3.